The van der Waals surface area contributed by atoms with E-state index in [0.29, 0.717) is 30.2 Å². The minimum absolute atomic E-state index is 0.192. The number of nitrogens with zero attached hydrogens (tertiary/aromatic N) is 1. The summed E-state index contributed by atoms with van der Waals surface area (Å²) in [6.07, 6.45) is 6.42. The van der Waals surface area contributed by atoms with Crippen molar-refractivity contribution >= 4 is 11.8 Å². The molecule has 0 bridgehead atoms. The van der Waals surface area contributed by atoms with E-state index in [4.69, 9.17) is 0 Å². The molecule has 4 rings (SSSR count). The van der Waals surface area contributed by atoms with Crippen LogP contribution in [0.25, 0.3) is 0 Å². The van der Waals surface area contributed by atoms with Crippen molar-refractivity contribution in [2.75, 3.05) is 13.1 Å². The van der Waals surface area contributed by atoms with Gasteiger partial charge in [-0.1, -0.05) is 6.42 Å². The van der Waals surface area contributed by atoms with Crippen molar-refractivity contribution in [1.82, 2.24) is 10.2 Å². The number of fused-ring (bicyclic) bond motifs is 2. The van der Waals surface area contributed by atoms with Crippen molar-refractivity contribution in [1.29, 1.82) is 0 Å². The van der Waals surface area contributed by atoms with Crippen LogP contribution >= 0.6 is 0 Å². The number of nitrogens with one attached hydrogen (secondary N) is 1. The molecular weight excluding hydrogens is 240 g/mol. The molecule has 2 aliphatic heterocycles. The Kier molecular flexibility index (Phi) is 2.61. The van der Waals surface area contributed by atoms with E-state index in [-0.39, 0.29) is 5.91 Å². The van der Waals surface area contributed by atoms with Gasteiger partial charge in [-0.05, 0) is 43.4 Å². The van der Waals surface area contributed by atoms with E-state index in [0.717, 1.165) is 37.8 Å². The maximum Gasteiger partial charge on any atom is 0.226 e. The quantitative estimate of drug-likeness (QED) is 0.771. The predicted molar refractivity (Wildman–Crippen MR) is 70.2 cm³/mol. The van der Waals surface area contributed by atoms with E-state index in [1.54, 1.807) is 0 Å². The van der Waals surface area contributed by atoms with Gasteiger partial charge in [0, 0.05) is 31.5 Å². The zero-order valence-electron chi connectivity index (χ0n) is 11.3. The normalized spacial score (nSPS) is 44.3. The standard InChI is InChI=1S/C15H22N2O2/c18-13-5-4-9-8-17(7-6-12(9)16-13)15(19)14-10-2-1-3-11(10)14/h9-12,14H,1-8H2,(H,16,18). The average molecular weight is 262 g/mol. The lowest BCUT2D eigenvalue weighted by Gasteiger charge is -2.41. The molecule has 0 spiro atoms. The van der Waals surface area contributed by atoms with Crippen molar-refractivity contribution in [3.63, 3.8) is 0 Å². The van der Waals surface area contributed by atoms with Gasteiger partial charge < -0.3 is 10.2 Å². The Labute approximate surface area is 113 Å². The van der Waals surface area contributed by atoms with E-state index in [1.807, 2.05) is 0 Å². The van der Waals surface area contributed by atoms with Crippen molar-refractivity contribution in [2.45, 2.75) is 44.6 Å². The molecular formula is C15H22N2O2. The fourth-order valence-corrected chi connectivity index (χ4v) is 4.71. The highest BCUT2D eigenvalue weighted by Crippen LogP contribution is 2.58. The lowest BCUT2D eigenvalue weighted by molar-refractivity contribution is -0.136. The number of carbonyl (C=O) groups is 2. The van der Waals surface area contributed by atoms with E-state index >= 15 is 0 Å². The first-order valence-corrected chi connectivity index (χ1v) is 7.82. The van der Waals surface area contributed by atoms with Gasteiger partial charge in [0.2, 0.25) is 11.8 Å². The highest BCUT2D eigenvalue weighted by atomic mass is 16.2. The van der Waals surface area contributed by atoms with E-state index in [9.17, 15) is 9.59 Å². The van der Waals surface area contributed by atoms with E-state index < -0.39 is 0 Å². The molecule has 4 nitrogen and oxygen atoms in total. The minimum atomic E-state index is 0.192. The Morgan fingerprint density at radius 3 is 2.74 bits per heavy atom. The first-order valence-electron chi connectivity index (χ1n) is 7.82. The van der Waals surface area contributed by atoms with Crippen molar-refractivity contribution < 1.29 is 9.59 Å². The lowest BCUT2D eigenvalue weighted by Crippen LogP contribution is -2.55. The number of carbonyl (C=O) groups excluding carboxylic acids is 2. The van der Waals surface area contributed by atoms with Crippen LogP contribution in [0, 0.1) is 23.7 Å². The number of likely N-dealkylation sites (tertiary alicyclic amines) is 1. The molecule has 2 amide bonds. The van der Waals surface area contributed by atoms with Gasteiger partial charge in [-0.3, -0.25) is 9.59 Å². The Balaban J connectivity index is 1.39. The summed E-state index contributed by atoms with van der Waals surface area (Å²) in [6, 6.07) is 0.323. The Hall–Kier alpha value is -1.06. The predicted octanol–water partition coefficient (Wildman–Crippen LogP) is 1.16. The van der Waals surface area contributed by atoms with Crippen molar-refractivity contribution in [3.05, 3.63) is 0 Å². The molecule has 4 fully saturated rings. The second kappa shape index (κ2) is 4.22. The van der Waals surface area contributed by atoms with Crippen LogP contribution in [-0.4, -0.2) is 35.8 Å². The summed E-state index contributed by atoms with van der Waals surface area (Å²) in [7, 11) is 0. The number of hydrogen-bond acceptors (Lipinski definition) is 2. The van der Waals surface area contributed by atoms with Crippen molar-refractivity contribution in [2.24, 2.45) is 23.7 Å². The van der Waals surface area contributed by atoms with Crippen LogP contribution in [0.2, 0.25) is 0 Å². The largest absolute Gasteiger partial charge is 0.353 e. The molecule has 2 saturated heterocycles. The smallest absolute Gasteiger partial charge is 0.226 e. The number of rotatable bonds is 1. The number of hydrogen-bond donors (Lipinski definition) is 1. The maximum atomic E-state index is 12.6. The van der Waals surface area contributed by atoms with E-state index in [2.05, 4.69) is 10.2 Å². The summed E-state index contributed by atoms with van der Waals surface area (Å²) in [6.45, 7) is 1.72. The highest BCUT2D eigenvalue weighted by Gasteiger charge is 2.57. The maximum absolute atomic E-state index is 12.6. The van der Waals surface area contributed by atoms with Crippen LogP contribution in [-0.2, 0) is 9.59 Å². The van der Waals surface area contributed by atoms with Gasteiger partial charge in [0.25, 0.3) is 0 Å². The first kappa shape index (κ1) is 11.7. The molecule has 104 valence electrons. The summed E-state index contributed by atoms with van der Waals surface area (Å²) in [5.74, 6) is 2.91. The molecule has 0 radical (unpaired) electrons. The van der Waals surface area contributed by atoms with Crippen LogP contribution < -0.4 is 5.32 Å². The third-order valence-corrected chi connectivity index (χ3v) is 5.83. The molecule has 2 aliphatic carbocycles. The number of piperidine rings is 2. The molecule has 0 aromatic heterocycles. The fourth-order valence-electron chi connectivity index (χ4n) is 4.71. The van der Waals surface area contributed by atoms with E-state index in [1.165, 1.54) is 19.3 Å². The molecule has 4 atom stereocenters. The summed E-state index contributed by atoms with van der Waals surface area (Å²) < 4.78 is 0. The summed E-state index contributed by atoms with van der Waals surface area (Å²) in [5, 5.41) is 3.09. The van der Waals surface area contributed by atoms with Gasteiger partial charge in [0.1, 0.15) is 0 Å². The molecule has 4 unspecified atom stereocenters. The second-order valence-corrected chi connectivity index (χ2v) is 6.83. The minimum Gasteiger partial charge on any atom is -0.353 e. The van der Waals surface area contributed by atoms with Crippen LogP contribution in [0.15, 0.2) is 0 Å². The van der Waals surface area contributed by atoms with Gasteiger partial charge in [-0.25, -0.2) is 0 Å². The molecule has 0 aromatic carbocycles. The lowest BCUT2D eigenvalue weighted by atomic mass is 9.85. The van der Waals surface area contributed by atoms with Gasteiger partial charge >= 0.3 is 0 Å². The molecule has 0 aromatic rings. The van der Waals surface area contributed by atoms with Gasteiger partial charge in [-0.2, -0.15) is 0 Å². The third kappa shape index (κ3) is 1.87. The Morgan fingerprint density at radius 2 is 1.95 bits per heavy atom. The fraction of sp³-hybridized carbons (Fsp3) is 0.867. The van der Waals surface area contributed by atoms with Crippen molar-refractivity contribution in [3.8, 4) is 0 Å². The molecule has 4 aliphatic rings. The van der Waals surface area contributed by atoms with Gasteiger partial charge in [0.15, 0.2) is 0 Å². The Bertz CT molecular complexity index is 412. The van der Waals surface area contributed by atoms with Crippen LogP contribution in [0.5, 0.6) is 0 Å². The Morgan fingerprint density at radius 1 is 1.16 bits per heavy atom. The molecule has 4 heteroatoms. The topological polar surface area (TPSA) is 49.4 Å². The molecule has 2 saturated carbocycles. The molecule has 2 heterocycles. The monoisotopic (exact) mass is 262 g/mol. The van der Waals surface area contributed by atoms with Crippen LogP contribution in [0.1, 0.15) is 38.5 Å². The highest BCUT2D eigenvalue weighted by molar-refractivity contribution is 5.83. The van der Waals surface area contributed by atoms with Crippen LogP contribution in [0.4, 0.5) is 0 Å². The second-order valence-electron chi connectivity index (χ2n) is 6.83. The number of amides is 2. The summed E-state index contributed by atoms with van der Waals surface area (Å²) in [4.78, 5) is 26.0. The SMILES string of the molecule is O=C1CCC2CN(C(=O)C3C4CCCC43)CCC2N1. The zero-order chi connectivity index (χ0) is 13.0. The molecule has 1 N–H and O–H groups in total. The molecule has 19 heavy (non-hydrogen) atoms. The zero-order valence-corrected chi connectivity index (χ0v) is 11.3. The van der Waals surface area contributed by atoms with Gasteiger partial charge in [-0.15, -0.1) is 0 Å². The van der Waals surface area contributed by atoms with Crippen LogP contribution in [0.3, 0.4) is 0 Å². The van der Waals surface area contributed by atoms with Gasteiger partial charge in [0.05, 0.1) is 0 Å². The first-order chi connectivity index (χ1) is 9.24. The third-order valence-electron chi connectivity index (χ3n) is 5.83. The average Bonchev–Trinajstić information content (AvgIpc) is 2.89. The summed E-state index contributed by atoms with van der Waals surface area (Å²) >= 11 is 0. The summed E-state index contributed by atoms with van der Waals surface area (Å²) in [5.41, 5.74) is 0.